The Balaban J connectivity index is 0.000000219. The summed E-state index contributed by atoms with van der Waals surface area (Å²) in [7, 11) is -9.83. The normalized spacial score (nSPS) is 20.5. The molecule has 0 spiro atoms. The van der Waals surface area contributed by atoms with Gasteiger partial charge in [-0.1, -0.05) is 67.2 Å². The van der Waals surface area contributed by atoms with Crippen molar-refractivity contribution >= 4 is 51.1 Å². The van der Waals surface area contributed by atoms with Crippen molar-refractivity contribution in [3.63, 3.8) is 0 Å². The molecule has 0 aliphatic carbocycles. The van der Waals surface area contributed by atoms with E-state index in [0.717, 1.165) is 17.9 Å². The average Bonchev–Trinajstić information content (AvgIpc) is 1.69. The van der Waals surface area contributed by atoms with Gasteiger partial charge in [0.05, 0.1) is 50.9 Å². The van der Waals surface area contributed by atoms with Crippen molar-refractivity contribution in [1.29, 1.82) is 0 Å². The van der Waals surface area contributed by atoms with E-state index in [0.29, 0.717) is 137 Å². The molecular weight excluding hydrogens is 1380 g/mol. The number of aromatic nitrogens is 6. The van der Waals surface area contributed by atoms with E-state index in [-0.39, 0.29) is 49.7 Å². The van der Waals surface area contributed by atoms with Gasteiger partial charge >= 0.3 is 40.7 Å². The van der Waals surface area contributed by atoms with Gasteiger partial charge in [-0.25, -0.2) is 37.5 Å². The number of piperidine rings is 3. The molecule has 3 aromatic heterocycles. The molecule has 8 amide bonds. The van der Waals surface area contributed by atoms with Gasteiger partial charge in [0, 0.05) is 78.2 Å². The summed E-state index contributed by atoms with van der Waals surface area (Å²) in [6.07, 6.45) is 16.2. The molecule has 6 aliphatic heterocycles. The minimum atomic E-state index is -5.06. The summed E-state index contributed by atoms with van der Waals surface area (Å²) < 4.78 is 101. The van der Waals surface area contributed by atoms with Gasteiger partial charge in [0.25, 0.3) is 0 Å². The molecule has 4 N–H and O–H groups in total. The molecule has 6 fully saturated rings. The Hall–Kier alpha value is -6.65. The minimum absolute atomic E-state index is 0.0392. The monoisotopic (exact) mass is 1490 g/mol. The van der Waals surface area contributed by atoms with E-state index in [4.69, 9.17) is 32.4 Å². The zero-order valence-electron chi connectivity index (χ0n) is 61.6. The van der Waals surface area contributed by atoms with Crippen molar-refractivity contribution in [3.05, 3.63) is 35.3 Å². The van der Waals surface area contributed by atoms with Crippen LogP contribution in [0.1, 0.15) is 239 Å². The quantitative estimate of drug-likeness (QED) is 0.0144. The fourth-order valence-electron chi connectivity index (χ4n) is 12.9. The predicted octanol–water partition coefficient (Wildman–Crippen LogP) is 8.05. The maximum Gasteiger partial charge on any atom is 0.418 e. The summed E-state index contributed by atoms with van der Waals surface area (Å²) in [4.78, 5) is 69.2. The van der Waals surface area contributed by atoms with Gasteiger partial charge in [0.2, 0.25) is 45.7 Å². The lowest BCUT2D eigenvalue weighted by atomic mass is 10.0. The first kappa shape index (κ1) is 84.3. The third kappa shape index (κ3) is 25.3. The summed E-state index contributed by atoms with van der Waals surface area (Å²) in [5, 5.41) is 47.7. The number of nitrogens with one attached hydrogen (secondary N) is 1. The van der Waals surface area contributed by atoms with Gasteiger partial charge < -0.3 is 66.7 Å². The lowest BCUT2D eigenvalue weighted by molar-refractivity contribution is -0.929. The summed E-state index contributed by atoms with van der Waals surface area (Å²) in [6, 6.07) is -4.35. The van der Waals surface area contributed by atoms with Crippen LogP contribution in [0, 0.1) is 0 Å². The van der Waals surface area contributed by atoms with Crippen molar-refractivity contribution < 1.29 is 96.0 Å². The number of unbranched alkanes of at least 4 members (excludes halogenated alkanes) is 4. The molecule has 9 heterocycles. The average molecular weight is 1490 g/mol. The summed E-state index contributed by atoms with van der Waals surface area (Å²) in [5.74, 6) is 1.97. The van der Waals surface area contributed by atoms with Crippen LogP contribution in [-0.4, -0.2) is 262 Å². The fraction of sp³-hybridized carbons (Fsp3) is 0.828. The Labute approximate surface area is 599 Å². The van der Waals surface area contributed by atoms with Gasteiger partial charge in [0.1, 0.15) is 29.3 Å². The van der Waals surface area contributed by atoms with E-state index < -0.39 is 80.4 Å². The molecule has 0 unspecified atom stereocenters. The maximum absolute atomic E-state index is 12.5. The molecule has 6 saturated heterocycles. The highest BCUT2D eigenvalue weighted by atomic mass is 32.3. The Morgan fingerprint density at radius 3 is 1.25 bits per heavy atom. The summed E-state index contributed by atoms with van der Waals surface area (Å²) in [5.41, 5.74) is -1.16. The Morgan fingerprint density at radius 1 is 0.539 bits per heavy atom. The van der Waals surface area contributed by atoms with Gasteiger partial charge in [0.15, 0.2) is 0 Å². The fourth-order valence-corrected chi connectivity index (χ4v) is 13.6. The molecule has 0 saturated carbocycles. The largest absolute Gasteiger partial charge is 0.724 e. The van der Waals surface area contributed by atoms with Gasteiger partial charge in [-0.05, 0) is 119 Å². The first-order valence-electron chi connectivity index (χ1n) is 36.1. The molecule has 3 aromatic rings. The number of carbonyl (C=O) groups is 5. The Bertz CT molecular complexity index is 3310. The number of nitrogens with zero attached hydrogens (tertiary/aromatic N) is 15. The van der Waals surface area contributed by atoms with Crippen molar-refractivity contribution in [3.8, 4) is 0 Å². The van der Waals surface area contributed by atoms with Crippen molar-refractivity contribution in [2.24, 2.45) is 0 Å². The lowest BCUT2D eigenvalue weighted by Crippen LogP contribution is -2.50. The molecule has 9 rings (SSSR count). The first-order chi connectivity index (χ1) is 48.2. The van der Waals surface area contributed by atoms with Crippen LogP contribution in [0.4, 0.5) is 24.0 Å². The van der Waals surface area contributed by atoms with Gasteiger partial charge in [-0.3, -0.25) is 9.76 Å². The van der Waals surface area contributed by atoms with Crippen LogP contribution in [0.3, 0.4) is 0 Å². The van der Waals surface area contributed by atoms with Crippen LogP contribution in [0.15, 0.2) is 13.3 Å². The standard InChI is InChI=1S/C18H29N5O8S.C18H29N5O5.C16H36N.C12H19N5O7S/c1-5-9-21(17(25)30-18(2,3)4)10-8-14-19-20-15(29-14)13-7-6-12-11-22(13)16(24)23(12)31-32(26,27)28;1-5-9-21(17(25)28-18(2,3)4)10-8-14-19-20-15(27-14)13-7-6-12-11-22(13)16(24)23(12)26;1-5-9-13-17(14-10-6-2,15-11-7-3)16-12-8-4;18-6-5-13-4-3-10-14-15-11(23-10)9-2-1-8-7-16(9)12(19)17(8)24-25(20,21)22/h12-13H,5-11H2,1-4H3,(H,26,27,28);12-13,26H,5-11H2,1-4H3;5-16H2,1-4H3;8-9,13,18H,1-7H2,(H,20,21,22)/q;;+1;/p-1/t2*12-,13+;;8-,9+/m11.1/s1. The second-order valence-electron chi connectivity index (χ2n) is 28.4. The number of hydrogen-bond donors (Lipinski definition) is 4. The van der Waals surface area contributed by atoms with Crippen LogP contribution < -0.4 is 5.32 Å². The van der Waals surface area contributed by atoms with Crippen LogP contribution in [-0.2, 0) is 58.1 Å². The van der Waals surface area contributed by atoms with E-state index in [1.165, 1.54) is 91.8 Å². The number of rotatable bonds is 34. The second-order valence-corrected chi connectivity index (χ2v) is 30.4. The summed E-state index contributed by atoms with van der Waals surface area (Å²) in [6.45, 7) is 33.6. The molecule has 102 heavy (non-hydrogen) atoms. The third-order valence-corrected chi connectivity index (χ3v) is 18.6. The van der Waals surface area contributed by atoms with E-state index in [1.807, 2.05) is 34.6 Å². The number of hydroxylamine groups is 6. The molecule has 38 heteroatoms. The number of aliphatic hydroxyl groups is 1. The van der Waals surface area contributed by atoms with Crippen LogP contribution in [0.25, 0.3) is 0 Å². The van der Waals surface area contributed by atoms with Crippen molar-refractivity contribution in [2.45, 2.75) is 253 Å². The zero-order valence-corrected chi connectivity index (χ0v) is 63.2. The summed E-state index contributed by atoms with van der Waals surface area (Å²) >= 11 is 0. The number of urea groups is 3. The number of carbonyl (C=O) groups excluding carboxylic acids is 5. The van der Waals surface area contributed by atoms with E-state index in [2.05, 4.69) is 72.2 Å². The molecule has 0 aromatic carbocycles. The Morgan fingerprint density at radius 2 is 0.902 bits per heavy atom. The van der Waals surface area contributed by atoms with E-state index in [1.54, 1.807) is 35.5 Å². The van der Waals surface area contributed by atoms with Crippen molar-refractivity contribution in [2.75, 3.05) is 91.7 Å². The van der Waals surface area contributed by atoms with E-state index in [9.17, 15) is 50.6 Å². The molecule has 0 radical (unpaired) electrons. The third-order valence-electron chi connectivity index (χ3n) is 17.9. The number of aliphatic hydroxyl groups excluding tert-OH is 1. The Kier molecular flexibility index (Phi) is 32.2. The number of hydrogen-bond acceptors (Lipinski definition) is 26. The first-order valence-corrected chi connectivity index (χ1v) is 38.8. The van der Waals surface area contributed by atoms with Gasteiger partial charge in [-0.15, -0.1) is 34.9 Å². The van der Waals surface area contributed by atoms with Crippen LogP contribution >= 0.6 is 0 Å². The number of amides is 8. The maximum atomic E-state index is 12.5. The number of fused-ring (bicyclic) bond motifs is 6. The molecule has 6 atom stereocenters. The topological polar surface area (TPSA) is 429 Å². The van der Waals surface area contributed by atoms with E-state index >= 15 is 0 Å². The highest BCUT2D eigenvalue weighted by molar-refractivity contribution is 7.81. The minimum Gasteiger partial charge on any atom is -0.724 e. The number of ether oxygens (including phenoxy) is 2. The zero-order chi connectivity index (χ0) is 75.2. The second kappa shape index (κ2) is 38.9. The molecule has 580 valence electrons. The molecule has 6 bridgehead atoms. The SMILES string of the molecule is CCCC[N+](CCCC)(CCCC)CCCC.CCCN(CCc1nnc([C@@H]2CC[C@@H]3CN2C(=O)N3O)o1)C(=O)OC(C)(C)C.CCCN(CCc1nnc([C@@H]2CC[C@@H]3CN2C(=O)N3OS(=O)(=O)[O-])o1)C(=O)OC(C)(C)C.O=C1N2C[C@@H](CC[C@H]2c2nnc(CCNCCO)o2)N1OS(=O)(=O)O. The highest BCUT2D eigenvalue weighted by Gasteiger charge is 2.51. The van der Waals surface area contributed by atoms with Gasteiger partial charge in [-0.2, -0.15) is 22.8 Å². The highest BCUT2D eigenvalue weighted by Crippen LogP contribution is 2.41. The lowest BCUT2D eigenvalue weighted by Gasteiger charge is -2.39. The van der Waals surface area contributed by atoms with Crippen LogP contribution in [0.2, 0.25) is 0 Å². The van der Waals surface area contributed by atoms with Crippen LogP contribution in [0.5, 0.6) is 0 Å². The molecular formula is C64H112N16O20S2. The van der Waals surface area contributed by atoms with Crippen molar-refractivity contribution in [1.82, 2.24) is 75.6 Å². The molecule has 6 aliphatic rings. The molecule has 36 nitrogen and oxygen atoms in total. The smallest absolute Gasteiger partial charge is 0.418 e. The number of quaternary nitrogens is 1. The predicted molar refractivity (Wildman–Crippen MR) is 364 cm³/mol.